The number of hydrogen-bond acceptors (Lipinski definition) is 5. The van der Waals surface area contributed by atoms with Gasteiger partial charge in [-0.05, 0) is 84.2 Å². The van der Waals surface area contributed by atoms with E-state index >= 15 is 0 Å². The average Bonchev–Trinajstić information content (AvgIpc) is 2.90. The van der Waals surface area contributed by atoms with Crippen molar-refractivity contribution in [2.24, 2.45) is 5.92 Å². The van der Waals surface area contributed by atoms with Crippen LogP contribution in [0.3, 0.4) is 0 Å². The largest absolute Gasteiger partial charge is 0.508 e. The van der Waals surface area contributed by atoms with Gasteiger partial charge in [0, 0.05) is 57.2 Å². The van der Waals surface area contributed by atoms with Crippen LogP contribution in [0, 0.1) is 5.92 Å². The first-order valence-electron chi connectivity index (χ1n) is 12.3. The SMILES string of the molecule is COC(OC)C1CCN(c2ccc(C3c4ccc(O)cc4CCC3c3cccnc3)cc2)CC1. The van der Waals surface area contributed by atoms with Crippen molar-refractivity contribution < 1.29 is 14.6 Å². The standard InChI is InChI=1S/C29H34N2O3/c1-33-29(34-2)21-13-16-31(17-14-21)24-8-5-20(6-9-24)28-26-12-10-25(32)18-22(26)7-11-27(28)23-4-3-15-30-19-23/h3-6,8-10,12,15,18-19,21,27-29,32H,7,11,13-14,16-17H2,1-2H3. The lowest BCUT2D eigenvalue weighted by Gasteiger charge is -2.37. The molecule has 34 heavy (non-hydrogen) atoms. The maximum atomic E-state index is 10.1. The Hall–Kier alpha value is -2.89. The van der Waals surface area contributed by atoms with E-state index in [1.807, 2.05) is 30.6 Å². The molecule has 0 saturated carbocycles. The van der Waals surface area contributed by atoms with Crippen LogP contribution < -0.4 is 4.90 Å². The molecule has 1 saturated heterocycles. The second-order valence-corrected chi connectivity index (χ2v) is 9.55. The fraction of sp³-hybridized carbons (Fsp3) is 0.414. The Morgan fingerprint density at radius 3 is 2.38 bits per heavy atom. The second-order valence-electron chi connectivity index (χ2n) is 9.55. The lowest BCUT2D eigenvalue weighted by atomic mass is 9.69. The minimum atomic E-state index is -0.111. The van der Waals surface area contributed by atoms with E-state index in [-0.39, 0.29) is 12.2 Å². The molecule has 2 aliphatic rings. The zero-order valence-corrected chi connectivity index (χ0v) is 20.1. The summed E-state index contributed by atoms with van der Waals surface area (Å²) in [6.45, 7) is 2.02. The quantitative estimate of drug-likeness (QED) is 0.496. The molecule has 3 aromatic rings. The van der Waals surface area contributed by atoms with Gasteiger partial charge < -0.3 is 19.5 Å². The van der Waals surface area contributed by atoms with Crippen molar-refractivity contribution in [2.45, 2.75) is 43.8 Å². The van der Waals surface area contributed by atoms with Gasteiger partial charge in [-0.25, -0.2) is 0 Å². The zero-order valence-electron chi connectivity index (χ0n) is 20.1. The fourth-order valence-corrected chi connectivity index (χ4v) is 5.98. The molecule has 0 bridgehead atoms. The molecular weight excluding hydrogens is 424 g/mol. The van der Waals surface area contributed by atoms with Gasteiger partial charge in [0.2, 0.25) is 0 Å². The number of benzene rings is 2. The van der Waals surface area contributed by atoms with Crippen molar-refractivity contribution in [3.8, 4) is 5.75 Å². The molecule has 1 N–H and O–H groups in total. The van der Waals surface area contributed by atoms with Crippen LogP contribution in [0.1, 0.15) is 53.4 Å². The third-order valence-corrected chi connectivity index (χ3v) is 7.71. The van der Waals surface area contributed by atoms with Crippen LogP contribution in [0.25, 0.3) is 0 Å². The first-order valence-corrected chi connectivity index (χ1v) is 12.3. The lowest BCUT2D eigenvalue weighted by molar-refractivity contribution is -0.141. The summed E-state index contributed by atoms with van der Waals surface area (Å²) in [6.07, 6.45) is 7.88. The van der Waals surface area contributed by atoms with Crippen molar-refractivity contribution in [1.82, 2.24) is 4.98 Å². The van der Waals surface area contributed by atoms with E-state index in [1.54, 1.807) is 14.2 Å². The molecule has 2 unspecified atom stereocenters. The number of piperidine rings is 1. The Labute approximate surface area is 202 Å². The molecule has 1 aliphatic carbocycles. The van der Waals surface area contributed by atoms with E-state index in [0.717, 1.165) is 38.8 Å². The van der Waals surface area contributed by atoms with Gasteiger partial charge in [0.25, 0.3) is 0 Å². The molecule has 1 fully saturated rings. The van der Waals surface area contributed by atoms with Crippen LogP contribution in [0.2, 0.25) is 0 Å². The minimum Gasteiger partial charge on any atom is -0.508 e. The lowest BCUT2D eigenvalue weighted by Crippen LogP contribution is -2.39. The summed E-state index contributed by atoms with van der Waals surface area (Å²) >= 11 is 0. The normalized spacial score (nSPS) is 21.0. The topological polar surface area (TPSA) is 54.8 Å². The molecule has 0 amide bonds. The summed E-state index contributed by atoms with van der Waals surface area (Å²) in [5.74, 6) is 1.41. The predicted octanol–water partition coefficient (Wildman–Crippen LogP) is 5.48. The number of fused-ring (bicyclic) bond motifs is 1. The van der Waals surface area contributed by atoms with Crippen LogP contribution in [-0.2, 0) is 15.9 Å². The summed E-state index contributed by atoms with van der Waals surface area (Å²) in [7, 11) is 3.45. The highest BCUT2D eigenvalue weighted by atomic mass is 16.7. The molecule has 0 spiro atoms. The van der Waals surface area contributed by atoms with Gasteiger partial charge in [0.05, 0.1) is 0 Å². The number of aryl methyl sites for hydroxylation is 1. The van der Waals surface area contributed by atoms with Crippen molar-refractivity contribution in [3.63, 3.8) is 0 Å². The average molecular weight is 459 g/mol. The number of aromatic nitrogens is 1. The third kappa shape index (κ3) is 4.55. The molecule has 2 atom stereocenters. The first-order chi connectivity index (χ1) is 16.7. The Bertz CT molecular complexity index is 1070. The van der Waals surface area contributed by atoms with Gasteiger partial charge in [-0.3, -0.25) is 4.98 Å². The third-order valence-electron chi connectivity index (χ3n) is 7.71. The fourth-order valence-electron chi connectivity index (χ4n) is 5.98. The summed E-state index contributed by atoms with van der Waals surface area (Å²) in [4.78, 5) is 6.87. The van der Waals surface area contributed by atoms with Gasteiger partial charge in [-0.15, -0.1) is 0 Å². The molecule has 5 nitrogen and oxygen atoms in total. The molecule has 2 aromatic carbocycles. The number of phenols is 1. The molecule has 1 aromatic heterocycles. The van der Waals surface area contributed by atoms with E-state index in [9.17, 15) is 5.11 Å². The Balaban J connectivity index is 1.40. The number of anilines is 1. The van der Waals surface area contributed by atoms with Crippen molar-refractivity contribution in [2.75, 3.05) is 32.2 Å². The number of hydrogen-bond donors (Lipinski definition) is 1. The number of phenolic OH excluding ortho intramolecular Hbond substituents is 1. The Kier molecular flexibility index (Phi) is 6.84. The van der Waals surface area contributed by atoms with Crippen molar-refractivity contribution in [1.29, 1.82) is 0 Å². The Morgan fingerprint density at radius 2 is 1.71 bits per heavy atom. The van der Waals surface area contributed by atoms with Crippen molar-refractivity contribution in [3.05, 3.63) is 89.2 Å². The van der Waals surface area contributed by atoms with Gasteiger partial charge in [0.1, 0.15) is 5.75 Å². The second kappa shape index (κ2) is 10.2. The Morgan fingerprint density at radius 1 is 0.941 bits per heavy atom. The molecule has 2 heterocycles. The summed E-state index contributed by atoms with van der Waals surface area (Å²) in [5.41, 5.74) is 6.44. The zero-order chi connectivity index (χ0) is 23.5. The summed E-state index contributed by atoms with van der Waals surface area (Å²) in [6, 6.07) is 19.2. The van der Waals surface area contributed by atoms with Crippen LogP contribution in [0.5, 0.6) is 5.75 Å². The van der Waals surface area contributed by atoms with E-state index in [0.29, 0.717) is 17.6 Å². The van der Waals surface area contributed by atoms with Crippen LogP contribution in [0.15, 0.2) is 67.0 Å². The van der Waals surface area contributed by atoms with Gasteiger partial charge in [-0.2, -0.15) is 0 Å². The number of ether oxygens (including phenoxy) is 2. The van der Waals surface area contributed by atoms with Gasteiger partial charge in [-0.1, -0.05) is 24.3 Å². The number of rotatable bonds is 6. The molecule has 0 radical (unpaired) electrons. The maximum absolute atomic E-state index is 10.1. The van der Waals surface area contributed by atoms with Gasteiger partial charge >= 0.3 is 0 Å². The van der Waals surface area contributed by atoms with E-state index < -0.39 is 0 Å². The summed E-state index contributed by atoms with van der Waals surface area (Å²) in [5, 5.41) is 10.1. The smallest absolute Gasteiger partial charge is 0.159 e. The molecule has 178 valence electrons. The monoisotopic (exact) mass is 458 g/mol. The van der Waals surface area contributed by atoms with E-state index in [4.69, 9.17) is 9.47 Å². The highest BCUT2D eigenvalue weighted by Gasteiger charge is 2.33. The highest BCUT2D eigenvalue weighted by molar-refractivity contribution is 5.52. The van der Waals surface area contributed by atoms with Crippen molar-refractivity contribution >= 4 is 5.69 Å². The molecule has 5 heteroatoms. The molecular formula is C29H34N2O3. The predicted molar refractivity (Wildman–Crippen MR) is 134 cm³/mol. The number of methoxy groups -OCH3 is 2. The number of aromatic hydroxyl groups is 1. The molecule has 5 rings (SSSR count). The van der Waals surface area contributed by atoms with Crippen LogP contribution >= 0.6 is 0 Å². The first kappa shape index (κ1) is 22.9. The van der Waals surface area contributed by atoms with Crippen LogP contribution in [-0.4, -0.2) is 43.7 Å². The number of nitrogens with zero attached hydrogens (tertiary/aromatic N) is 2. The highest BCUT2D eigenvalue weighted by Crippen LogP contribution is 2.47. The van der Waals surface area contributed by atoms with Gasteiger partial charge in [0.15, 0.2) is 6.29 Å². The summed E-state index contributed by atoms with van der Waals surface area (Å²) < 4.78 is 11.0. The van der Waals surface area contributed by atoms with E-state index in [2.05, 4.69) is 46.3 Å². The maximum Gasteiger partial charge on any atom is 0.159 e. The number of pyridine rings is 1. The van der Waals surface area contributed by atoms with E-state index in [1.165, 1.54) is 27.9 Å². The molecule has 1 aliphatic heterocycles. The minimum absolute atomic E-state index is 0.111. The van der Waals surface area contributed by atoms with Crippen LogP contribution in [0.4, 0.5) is 5.69 Å².